The molecule has 2 aromatic rings. The topological polar surface area (TPSA) is 27.8 Å². The van der Waals surface area contributed by atoms with E-state index >= 15 is 0 Å². The minimum Gasteiger partial charge on any atom is -0.356 e. The van der Waals surface area contributed by atoms with Crippen molar-refractivity contribution < 1.29 is 0 Å². The van der Waals surface area contributed by atoms with Crippen LogP contribution in [0.4, 0.5) is 0 Å². The van der Waals surface area contributed by atoms with E-state index in [2.05, 4.69) is 23.8 Å². The number of hydrogen-bond donors (Lipinski definition) is 2. The average molecular weight is 235 g/mol. The third-order valence-corrected chi connectivity index (χ3v) is 3.10. The first-order valence-corrected chi connectivity index (χ1v) is 5.71. The Labute approximate surface area is 100 Å². The molecule has 2 nitrogen and oxygen atoms in total. The van der Waals surface area contributed by atoms with Gasteiger partial charge in [0.25, 0.3) is 0 Å². The Kier molecular flexibility index (Phi) is 3.32. The average Bonchev–Trinajstić information content (AvgIpc) is 2.64. The van der Waals surface area contributed by atoms with Gasteiger partial charge in [0, 0.05) is 29.2 Å². The van der Waals surface area contributed by atoms with Crippen LogP contribution in [0.15, 0.2) is 36.9 Å². The highest BCUT2D eigenvalue weighted by Crippen LogP contribution is 2.26. The fourth-order valence-corrected chi connectivity index (χ4v) is 1.91. The number of para-hydroxylation sites is 1. The van der Waals surface area contributed by atoms with Gasteiger partial charge < -0.3 is 10.3 Å². The quantitative estimate of drug-likeness (QED) is 0.779. The maximum Gasteiger partial charge on any atom is 0.0705 e. The summed E-state index contributed by atoms with van der Waals surface area (Å²) >= 11 is 6.29. The lowest BCUT2D eigenvalue weighted by Gasteiger charge is -2.07. The standard InChI is InChI=1S/C13H15ClN2/c1-3-9(2)15-8-12-13(14)10-6-4-5-7-11(10)16-12/h3-7,9,15-16H,1,8H2,2H3. The van der Waals surface area contributed by atoms with Gasteiger partial charge in [0.2, 0.25) is 0 Å². The summed E-state index contributed by atoms with van der Waals surface area (Å²) in [5, 5.41) is 5.20. The molecule has 0 spiro atoms. The van der Waals surface area contributed by atoms with Crippen LogP contribution in [-0.4, -0.2) is 11.0 Å². The molecule has 2 rings (SSSR count). The number of aromatic nitrogens is 1. The highest BCUT2D eigenvalue weighted by molar-refractivity contribution is 6.36. The third kappa shape index (κ3) is 2.13. The molecule has 0 aliphatic rings. The number of hydrogen-bond acceptors (Lipinski definition) is 1. The smallest absolute Gasteiger partial charge is 0.0705 e. The third-order valence-electron chi connectivity index (χ3n) is 2.67. The molecule has 1 atom stereocenters. The van der Waals surface area contributed by atoms with E-state index < -0.39 is 0 Å². The van der Waals surface area contributed by atoms with Crippen LogP contribution in [0.3, 0.4) is 0 Å². The van der Waals surface area contributed by atoms with Crippen molar-refractivity contribution in [1.29, 1.82) is 0 Å². The molecule has 84 valence electrons. The van der Waals surface area contributed by atoms with Gasteiger partial charge in [0.1, 0.15) is 0 Å². The highest BCUT2D eigenvalue weighted by Gasteiger charge is 2.08. The van der Waals surface area contributed by atoms with Gasteiger partial charge in [-0.15, -0.1) is 6.58 Å². The summed E-state index contributed by atoms with van der Waals surface area (Å²) in [7, 11) is 0. The van der Waals surface area contributed by atoms with Crippen LogP contribution in [-0.2, 0) is 6.54 Å². The Morgan fingerprint density at radius 3 is 2.94 bits per heavy atom. The molecule has 1 unspecified atom stereocenters. The van der Waals surface area contributed by atoms with Gasteiger partial charge >= 0.3 is 0 Å². The molecule has 16 heavy (non-hydrogen) atoms. The zero-order chi connectivity index (χ0) is 11.5. The van der Waals surface area contributed by atoms with Crippen molar-refractivity contribution in [2.45, 2.75) is 19.5 Å². The van der Waals surface area contributed by atoms with Crippen molar-refractivity contribution in [2.24, 2.45) is 0 Å². The van der Waals surface area contributed by atoms with Crippen molar-refractivity contribution in [3.05, 3.63) is 47.6 Å². The summed E-state index contributed by atoms with van der Waals surface area (Å²) in [6.07, 6.45) is 1.87. The number of aromatic amines is 1. The van der Waals surface area contributed by atoms with Gasteiger partial charge in [0.05, 0.1) is 5.02 Å². The minimum atomic E-state index is 0.280. The van der Waals surface area contributed by atoms with Crippen LogP contribution in [0.2, 0.25) is 5.02 Å². The van der Waals surface area contributed by atoms with Gasteiger partial charge in [0.15, 0.2) is 0 Å². The van der Waals surface area contributed by atoms with E-state index in [1.54, 1.807) is 0 Å². The van der Waals surface area contributed by atoms with Crippen molar-refractivity contribution in [3.8, 4) is 0 Å². The molecular formula is C13H15ClN2. The van der Waals surface area contributed by atoms with Crippen LogP contribution in [0.5, 0.6) is 0 Å². The molecule has 0 bridgehead atoms. The number of halogens is 1. The molecule has 2 N–H and O–H groups in total. The predicted molar refractivity (Wildman–Crippen MR) is 69.8 cm³/mol. The maximum atomic E-state index is 6.29. The normalized spacial score (nSPS) is 12.9. The van der Waals surface area contributed by atoms with E-state index in [-0.39, 0.29) is 6.04 Å². The summed E-state index contributed by atoms with van der Waals surface area (Å²) in [5.41, 5.74) is 2.10. The lowest BCUT2D eigenvalue weighted by Crippen LogP contribution is -2.23. The summed E-state index contributed by atoms with van der Waals surface area (Å²) < 4.78 is 0. The lowest BCUT2D eigenvalue weighted by atomic mass is 10.2. The van der Waals surface area contributed by atoms with Gasteiger partial charge in [-0.25, -0.2) is 0 Å². The molecule has 0 amide bonds. The Morgan fingerprint density at radius 2 is 2.25 bits per heavy atom. The molecule has 0 saturated heterocycles. The number of benzene rings is 1. The molecule has 0 saturated carbocycles. The highest BCUT2D eigenvalue weighted by atomic mass is 35.5. The second-order valence-electron chi connectivity index (χ2n) is 3.87. The van der Waals surface area contributed by atoms with Crippen molar-refractivity contribution in [2.75, 3.05) is 0 Å². The van der Waals surface area contributed by atoms with Crippen molar-refractivity contribution in [1.82, 2.24) is 10.3 Å². The fraction of sp³-hybridized carbons (Fsp3) is 0.231. The molecule has 0 radical (unpaired) electrons. The Balaban J connectivity index is 2.24. The Bertz CT molecular complexity index is 502. The molecule has 0 aliphatic heterocycles. The fourth-order valence-electron chi connectivity index (χ4n) is 1.63. The first-order chi connectivity index (χ1) is 7.72. The largest absolute Gasteiger partial charge is 0.356 e. The summed E-state index contributed by atoms with van der Waals surface area (Å²) in [5.74, 6) is 0. The number of rotatable bonds is 4. The number of nitrogens with one attached hydrogen (secondary N) is 2. The zero-order valence-electron chi connectivity index (χ0n) is 9.26. The molecular weight excluding hydrogens is 220 g/mol. The van der Waals surface area contributed by atoms with E-state index in [1.165, 1.54) is 0 Å². The van der Waals surface area contributed by atoms with E-state index in [9.17, 15) is 0 Å². The first-order valence-electron chi connectivity index (χ1n) is 5.33. The molecule has 1 aromatic carbocycles. The van der Waals surface area contributed by atoms with Crippen molar-refractivity contribution in [3.63, 3.8) is 0 Å². The van der Waals surface area contributed by atoms with Crippen molar-refractivity contribution >= 4 is 22.5 Å². The van der Waals surface area contributed by atoms with Gasteiger partial charge in [-0.05, 0) is 13.0 Å². The number of H-pyrrole nitrogens is 1. The molecule has 0 aliphatic carbocycles. The summed E-state index contributed by atoms with van der Waals surface area (Å²) in [4.78, 5) is 3.31. The van der Waals surface area contributed by atoms with Gasteiger partial charge in [-0.3, -0.25) is 0 Å². The maximum absolute atomic E-state index is 6.29. The lowest BCUT2D eigenvalue weighted by molar-refractivity contribution is 0.627. The van der Waals surface area contributed by atoms with E-state index in [4.69, 9.17) is 11.6 Å². The molecule has 3 heteroatoms. The zero-order valence-corrected chi connectivity index (χ0v) is 10.0. The summed E-state index contributed by atoms with van der Waals surface area (Å²) in [6.45, 7) is 6.51. The van der Waals surface area contributed by atoms with Crippen LogP contribution >= 0.6 is 11.6 Å². The Morgan fingerprint density at radius 1 is 1.50 bits per heavy atom. The molecule has 1 aromatic heterocycles. The second-order valence-corrected chi connectivity index (χ2v) is 4.25. The van der Waals surface area contributed by atoms with Crippen LogP contribution < -0.4 is 5.32 Å². The number of fused-ring (bicyclic) bond motifs is 1. The summed E-state index contributed by atoms with van der Waals surface area (Å²) in [6, 6.07) is 8.32. The van der Waals surface area contributed by atoms with Crippen LogP contribution in [0.25, 0.3) is 10.9 Å². The van der Waals surface area contributed by atoms with E-state index in [0.29, 0.717) is 0 Å². The van der Waals surface area contributed by atoms with E-state index in [1.807, 2.05) is 30.3 Å². The van der Waals surface area contributed by atoms with Crippen LogP contribution in [0, 0.1) is 0 Å². The minimum absolute atomic E-state index is 0.280. The predicted octanol–water partition coefficient (Wildman–Crippen LogP) is 3.49. The Hall–Kier alpha value is -1.25. The van der Waals surface area contributed by atoms with Gasteiger partial charge in [-0.2, -0.15) is 0 Å². The second kappa shape index (κ2) is 4.73. The van der Waals surface area contributed by atoms with Gasteiger partial charge in [-0.1, -0.05) is 35.9 Å². The first kappa shape index (κ1) is 11.2. The van der Waals surface area contributed by atoms with Crippen LogP contribution in [0.1, 0.15) is 12.6 Å². The SMILES string of the molecule is C=CC(C)NCc1[nH]c2ccccc2c1Cl. The molecule has 0 fully saturated rings. The van der Waals surface area contributed by atoms with E-state index in [0.717, 1.165) is 28.2 Å². The molecule has 1 heterocycles. The monoisotopic (exact) mass is 234 g/mol.